The SMILES string of the molecule is CC(O)(C/C=C/C1CCC(=O)[C@@H]1CCSc1nc(C(=O)O)cs1)CCCC(F)(F)F. The van der Waals surface area contributed by atoms with Gasteiger partial charge in [-0.05, 0) is 44.9 Å². The van der Waals surface area contributed by atoms with Crippen LogP contribution in [-0.4, -0.2) is 44.5 Å². The highest BCUT2D eigenvalue weighted by atomic mass is 32.2. The third-order valence-corrected chi connectivity index (χ3v) is 7.18. The summed E-state index contributed by atoms with van der Waals surface area (Å²) >= 11 is 2.68. The molecular weight excluding hydrogens is 439 g/mol. The van der Waals surface area contributed by atoms with E-state index in [2.05, 4.69) is 4.98 Å². The number of hydrogen-bond acceptors (Lipinski definition) is 6. The number of nitrogens with zero attached hydrogens (tertiary/aromatic N) is 1. The molecule has 5 nitrogen and oxygen atoms in total. The van der Waals surface area contributed by atoms with Crippen LogP contribution in [0.1, 0.15) is 62.4 Å². The van der Waals surface area contributed by atoms with Gasteiger partial charge in [0.25, 0.3) is 0 Å². The minimum Gasteiger partial charge on any atom is -0.476 e. The Bertz CT molecular complexity index is 761. The number of alkyl halides is 3. The second-order valence-corrected chi connectivity index (χ2v) is 10.0. The number of hydrogen-bond donors (Lipinski definition) is 2. The normalized spacial score (nSPS) is 22.0. The van der Waals surface area contributed by atoms with Gasteiger partial charge in [-0.15, -0.1) is 11.3 Å². The number of Topliss-reactive ketones (excluding diaryl/α,β-unsaturated/α-hetero) is 1. The van der Waals surface area contributed by atoms with Gasteiger partial charge in [0.05, 0.1) is 5.60 Å². The number of carboxylic acid groups (broad SMARTS) is 1. The van der Waals surface area contributed by atoms with Crippen LogP contribution >= 0.6 is 23.1 Å². The Morgan fingerprint density at radius 1 is 1.40 bits per heavy atom. The number of thiazole rings is 1. The molecule has 30 heavy (non-hydrogen) atoms. The molecule has 0 saturated heterocycles. The molecule has 0 aliphatic heterocycles. The van der Waals surface area contributed by atoms with Gasteiger partial charge in [-0.1, -0.05) is 23.9 Å². The standard InChI is InChI=1S/C20H26F3NO4S2/c1-19(28,9-3-10-20(21,22)23)8-2-4-13-5-6-16(25)14(13)7-11-29-18-24-15(12-30-18)17(26)27/h2,4,12-14,28H,3,5-11H2,1H3,(H,26,27)/b4-2+/t13?,14-,19?/m1/s1. The quantitative estimate of drug-likeness (QED) is 0.338. The van der Waals surface area contributed by atoms with E-state index in [1.54, 1.807) is 6.08 Å². The highest BCUT2D eigenvalue weighted by molar-refractivity contribution is 8.01. The van der Waals surface area contributed by atoms with Crippen molar-refractivity contribution in [3.05, 3.63) is 23.2 Å². The molecule has 0 spiro atoms. The van der Waals surface area contributed by atoms with E-state index in [1.807, 2.05) is 6.08 Å². The maximum atomic E-state index is 12.3. The van der Waals surface area contributed by atoms with E-state index in [0.717, 1.165) is 6.42 Å². The van der Waals surface area contributed by atoms with E-state index in [0.29, 0.717) is 22.9 Å². The van der Waals surface area contributed by atoms with Crippen molar-refractivity contribution >= 4 is 34.9 Å². The molecular formula is C20H26F3NO4S2. The van der Waals surface area contributed by atoms with Crippen LogP contribution in [0.25, 0.3) is 0 Å². The summed E-state index contributed by atoms with van der Waals surface area (Å²) in [5, 5.41) is 20.7. The number of ketones is 1. The molecule has 10 heteroatoms. The van der Waals surface area contributed by atoms with Crippen LogP contribution in [0.4, 0.5) is 13.2 Å². The average Bonchev–Trinajstić information content (AvgIpc) is 3.22. The molecule has 0 aromatic carbocycles. The zero-order valence-electron chi connectivity index (χ0n) is 16.7. The fourth-order valence-corrected chi connectivity index (χ4v) is 5.40. The fourth-order valence-electron chi connectivity index (χ4n) is 3.50. The Hall–Kier alpha value is -1.39. The molecule has 0 amide bonds. The molecule has 2 rings (SSSR count). The minimum atomic E-state index is -4.21. The van der Waals surface area contributed by atoms with Crippen molar-refractivity contribution in [3.8, 4) is 0 Å². The number of carboxylic acids is 1. The third kappa shape index (κ3) is 8.39. The van der Waals surface area contributed by atoms with Gasteiger partial charge in [-0.3, -0.25) is 4.79 Å². The smallest absolute Gasteiger partial charge is 0.389 e. The predicted molar refractivity (Wildman–Crippen MR) is 110 cm³/mol. The largest absolute Gasteiger partial charge is 0.476 e. The number of allylic oxidation sites excluding steroid dienone is 1. The molecule has 1 saturated carbocycles. The monoisotopic (exact) mass is 465 g/mol. The highest BCUT2D eigenvalue weighted by Gasteiger charge is 2.33. The maximum Gasteiger partial charge on any atom is 0.389 e. The average molecular weight is 466 g/mol. The van der Waals surface area contributed by atoms with Gasteiger partial charge in [0.15, 0.2) is 10.0 Å². The lowest BCUT2D eigenvalue weighted by Gasteiger charge is -2.22. The first-order valence-corrected chi connectivity index (χ1v) is 11.6. The summed E-state index contributed by atoms with van der Waals surface area (Å²) in [6.45, 7) is 1.53. The van der Waals surface area contributed by atoms with Gasteiger partial charge < -0.3 is 10.2 Å². The van der Waals surface area contributed by atoms with Crippen molar-refractivity contribution in [1.29, 1.82) is 0 Å². The molecule has 3 atom stereocenters. The Morgan fingerprint density at radius 2 is 2.13 bits per heavy atom. The van der Waals surface area contributed by atoms with Crippen molar-refractivity contribution in [2.75, 3.05) is 5.75 Å². The second-order valence-electron chi connectivity index (χ2n) is 7.81. The van der Waals surface area contributed by atoms with Gasteiger partial charge in [-0.25, -0.2) is 9.78 Å². The predicted octanol–water partition coefficient (Wildman–Crippen LogP) is 5.35. The maximum absolute atomic E-state index is 12.3. The summed E-state index contributed by atoms with van der Waals surface area (Å²) in [5.74, 6) is -0.323. The zero-order chi connectivity index (χ0) is 22.4. The summed E-state index contributed by atoms with van der Waals surface area (Å²) in [6, 6.07) is 0. The summed E-state index contributed by atoms with van der Waals surface area (Å²) in [7, 11) is 0. The molecule has 2 unspecified atom stereocenters. The van der Waals surface area contributed by atoms with Gasteiger partial charge in [0.2, 0.25) is 0 Å². The molecule has 1 aliphatic rings. The molecule has 168 valence electrons. The summed E-state index contributed by atoms with van der Waals surface area (Å²) in [6.07, 6.45) is 0.608. The van der Waals surface area contributed by atoms with Crippen molar-refractivity contribution in [2.45, 2.75) is 68.0 Å². The molecule has 1 aromatic heterocycles. The van der Waals surface area contributed by atoms with Crippen LogP contribution in [0.3, 0.4) is 0 Å². The molecule has 1 aromatic rings. The van der Waals surface area contributed by atoms with Crippen LogP contribution in [0.5, 0.6) is 0 Å². The van der Waals surface area contributed by atoms with Gasteiger partial charge in [0, 0.05) is 29.9 Å². The molecule has 1 fully saturated rings. The summed E-state index contributed by atoms with van der Waals surface area (Å²) < 4.78 is 37.4. The van der Waals surface area contributed by atoms with E-state index in [1.165, 1.54) is 35.4 Å². The minimum absolute atomic E-state index is 0.0162. The first-order valence-electron chi connectivity index (χ1n) is 9.77. The summed E-state index contributed by atoms with van der Waals surface area (Å²) in [4.78, 5) is 27.1. The van der Waals surface area contributed by atoms with Crippen LogP contribution in [-0.2, 0) is 4.79 Å². The highest BCUT2D eigenvalue weighted by Crippen LogP contribution is 2.35. The molecule has 2 N–H and O–H groups in total. The van der Waals surface area contributed by atoms with E-state index < -0.39 is 24.2 Å². The molecule has 1 heterocycles. The van der Waals surface area contributed by atoms with Gasteiger partial charge in [0.1, 0.15) is 5.78 Å². The van der Waals surface area contributed by atoms with Crippen molar-refractivity contribution in [2.24, 2.45) is 11.8 Å². The second kappa shape index (κ2) is 10.8. The van der Waals surface area contributed by atoms with Gasteiger partial charge in [-0.2, -0.15) is 13.2 Å². The Kier molecular flexibility index (Phi) is 8.93. The first kappa shape index (κ1) is 24.9. The Labute approximate surface area is 181 Å². The van der Waals surface area contributed by atoms with Gasteiger partial charge >= 0.3 is 12.1 Å². The van der Waals surface area contributed by atoms with E-state index >= 15 is 0 Å². The lowest BCUT2D eigenvalue weighted by atomic mass is 9.90. The number of thioether (sulfide) groups is 1. The van der Waals surface area contributed by atoms with E-state index in [-0.39, 0.29) is 42.6 Å². The van der Waals surface area contributed by atoms with Crippen LogP contribution < -0.4 is 0 Å². The molecule has 0 bridgehead atoms. The lowest BCUT2D eigenvalue weighted by molar-refractivity contribution is -0.137. The van der Waals surface area contributed by atoms with Crippen molar-refractivity contribution < 1.29 is 33.0 Å². The molecule has 1 aliphatic carbocycles. The van der Waals surface area contributed by atoms with Crippen LogP contribution in [0, 0.1) is 11.8 Å². The number of halogens is 3. The topological polar surface area (TPSA) is 87.5 Å². The van der Waals surface area contributed by atoms with E-state index in [9.17, 15) is 27.9 Å². The number of rotatable bonds is 11. The van der Waals surface area contributed by atoms with Crippen molar-refractivity contribution in [3.63, 3.8) is 0 Å². The first-order chi connectivity index (χ1) is 14.0. The number of aliphatic hydroxyl groups is 1. The Morgan fingerprint density at radius 3 is 2.77 bits per heavy atom. The lowest BCUT2D eigenvalue weighted by Crippen LogP contribution is -2.24. The van der Waals surface area contributed by atoms with Crippen molar-refractivity contribution in [1.82, 2.24) is 4.98 Å². The Balaban J connectivity index is 1.79. The van der Waals surface area contributed by atoms with Crippen LogP contribution in [0.2, 0.25) is 0 Å². The van der Waals surface area contributed by atoms with E-state index in [4.69, 9.17) is 5.11 Å². The zero-order valence-corrected chi connectivity index (χ0v) is 18.3. The summed E-state index contributed by atoms with van der Waals surface area (Å²) in [5.41, 5.74) is -1.19. The fraction of sp³-hybridized carbons (Fsp3) is 0.650. The molecule has 0 radical (unpaired) electrons. The number of carbonyl (C=O) groups is 2. The third-order valence-electron chi connectivity index (χ3n) is 5.13. The van der Waals surface area contributed by atoms with Crippen LogP contribution in [0.15, 0.2) is 21.9 Å². The number of carbonyl (C=O) groups excluding carboxylic acids is 1. The number of aromatic nitrogens is 1. The number of aromatic carboxylic acids is 1.